The number of hydrogen-bond donors (Lipinski definition) is 1. The molecule has 134 valence electrons. The van der Waals surface area contributed by atoms with Crippen LogP contribution in [0.25, 0.3) is 11.0 Å². The fourth-order valence-electron chi connectivity index (χ4n) is 3.10. The van der Waals surface area contributed by atoms with E-state index in [4.69, 9.17) is 0 Å². The molecule has 26 heavy (non-hydrogen) atoms. The molecule has 0 radical (unpaired) electrons. The van der Waals surface area contributed by atoms with E-state index >= 15 is 0 Å². The van der Waals surface area contributed by atoms with Crippen molar-refractivity contribution in [3.05, 3.63) is 80.9 Å². The zero-order valence-corrected chi connectivity index (χ0v) is 14.8. The molecule has 0 unspecified atom stereocenters. The van der Waals surface area contributed by atoms with Gasteiger partial charge in [0, 0.05) is 6.54 Å². The molecule has 1 amide bonds. The van der Waals surface area contributed by atoms with Gasteiger partial charge in [0.2, 0.25) is 5.91 Å². The van der Waals surface area contributed by atoms with E-state index in [-0.39, 0.29) is 18.5 Å². The van der Waals surface area contributed by atoms with Crippen LogP contribution in [0.2, 0.25) is 0 Å². The molecule has 3 aromatic rings. The summed E-state index contributed by atoms with van der Waals surface area (Å²) in [4.78, 5) is 37.3. The van der Waals surface area contributed by atoms with Gasteiger partial charge in [0.1, 0.15) is 6.54 Å². The van der Waals surface area contributed by atoms with E-state index in [2.05, 4.69) is 5.32 Å². The van der Waals surface area contributed by atoms with E-state index in [0.717, 1.165) is 5.56 Å². The van der Waals surface area contributed by atoms with Crippen LogP contribution in [0.1, 0.15) is 25.5 Å². The Hall–Kier alpha value is -3.15. The Morgan fingerprint density at radius 3 is 2.08 bits per heavy atom. The first-order valence-electron chi connectivity index (χ1n) is 8.59. The molecule has 0 spiro atoms. The van der Waals surface area contributed by atoms with Crippen molar-refractivity contribution in [3.8, 4) is 0 Å². The minimum atomic E-state index is -0.687. The van der Waals surface area contributed by atoms with Crippen molar-refractivity contribution in [1.29, 1.82) is 0 Å². The number of carbonyl (C=O) groups is 1. The molecular formula is C20H21N3O3. The average molecular weight is 351 g/mol. The van der Waals surface area contributed by atoms with Gasteiger partial charge in [-0.15, -0.1) is 0 Å². The van der Waals surface area contributed by atoms with Gasteiger partial charge < -0.3 is 9.88 Å². The first-order chi connectivity index (χ1) is 12.5. The molecule has 1 heterocycles. The van der Waals surface area contributed by atoms with Crippen molar-refractivity contribution < 1.29 is 4.79 Å². The second kappa shape index (κ2) is 7.39. The molecule has 0 bridgehead atoms. The Morgan fingerprint density at radius 1 is 0.923 bits per heavy atom. The van der Waals surface area contributed by atoms with Crippen molar-refractivity contribution in [1.82, 2.24) is 14.5 Å². The molecule has 2 aromatic carbocycles. The number of hydrogen-bond acceptors (Lipinski definition) is 3. The zero-order chi connectivity index (χ0) is 18.7. The maximum absolute atomic E-state index is 12.5. The molecule has 0 aliphatic heterocycles. The molecule has 6 nitrogen and oxygen atoms in total. The minimum absolute atomic E-state index is 0.193. The third-order valence-electron chi connectivity index (χ3n) is 4.43. The van der Waals surface area contributed by atoms with Crippen molar-refractivity contribution in [2.75, 3.05) is 0 Å². The van der Waals surface area contributed by atoms with Crippen molar-refractivity contribution in [3.63, 3.8) is 0 Å². The molecule has 0 aliphatic carbocycles. The van der Waals surface area contributed by atoms with Crippen LogP contribution in [-0.2, 0) is 17.9 Å². The SMILES string of the molecule is CCn1c(=O)c(=O)n(CC(=O)N[C@H](C)c2ccccc2)c2ccccc21. The van der Waals surface area contributed by atoms with Crippen LogP contribution in [0.5, 0.6) is 0 Å². The quantitative estimate of drug-likeness (QED) is 0.715. The van der Waals surface area contributed by atoms with Gasteiger partial charge in [-0.05, 0) is 31.5 Å². The van der Waals surface area contributed by atoms with E-state index < -0.39 is 11.1 Å². The van der Waals surface area contributed by atoms with E-state index in [1.54, 1.807) is 24.3 Å². The molecule has 1 N–H and O–H groups in total. The number of benzene rings is 2. The Balaban J connectivity index is 1.94. The van der Waals surface area contributed by atoms with Crippen molar-refractivity contribution in [2.45, 2.75) is 33.0 Å². The van der Waals surface area contributed by atoms with Crippen LogP contribution in [0.15, 0.2) is 64.2 Å². The second-order valence-corrected chi connectivity index (χ2v) is 6.13. The lowest BCUT2D eigenvalue weighted by molar-refractivity contribution is -0.122. The topological polar surface area (TPSA) is 73.1 Å². The summed E-state index contributed by atoms with van der Waals surface area (Å²) in [6, 6.07) is 16.5. The summed E-state index contributed by atoms with van der Waals surface area (Å²) in [5.41, 5.74) is 0.882. The highest BCUT2D eigenvalue weighted by Crippen LogP contribution is 2.12. The highest BCUT2D eigenvalue weighted by atomic mass is 16.2. The zero-order valence-electron chi connectivity index (χ0n) is 14.8. The predicted molar refractivity (Wildman–Crippen MR) is 101 cm³/mol. The van der Waals surface area contributed by atoms with Gasteiger partial charge in [-0.1, -0.05) is 42.5 Å². The largest absolute Gasteiger partial charge is 0.348 e. The molecule has 0 fully saturated rings. The van der Waals surface area contributed by atoms with Crippen LogP contribution in [0.3, 0.4) is 0 Å². The standard InChI is InChI=1S/C20H21N3O3/c1-3-22-16-11-7-8-12-17(16)23(20(26)19(22)25)13-18(24)21-14(2)15-9-5-4-6-10-15/h4-12,14H,3,13H2,1-2H3,(H,21,24)/t14-/m1/s1. The highest BCUT2D eigenvalue weighted by Gasteiger charge is 2.16. The van der Waals surface area contributed by atoms with Gasteiger partial charge in [0.25, 0.3) is 0 Å². The van der Waals surface area contributed by atoms with E-state index in [0.29, 0.717) is 17.6 Å². The number of rotatable bonds is 5. The first kappa shape index (κ1) is 17.7. The number of amides is 1. The number of aryl methyl sites for hydroxylation is 1. The normalized spacial score (nSPS) is 12.1. The van der Waals surface area contributed by atoms with Gasteiger partial charge in [-0.2, -0.15) is 0 Å². The number of para-hydroxylation sites is 2. The summed E-state index contributed by atoms with van der Waals surface area (Å²) in [6.45, 7) is 3.89. The molecule has 1 aromatic heterocycles. The molecule has 0 aliphatic rings. The van der Waals surface area contributed by atoms with Crippen molar-refractivity contribution in [2.24, 2.45) is 0 Å². The van der Waals surface area contributed by atoms with Gasteiger partial charge in [-0.3, -0.25) is 19.0 Å². The highest BCUT2D eigenvalue weighted by molar-refractivity contribution is 5.80. The number of aromatic nitrogens is 2. The van der Waals surface area contributed by atoms with Crippen LogP contribution >= 0.6 is 0 Å². The van der Waals surface area contributed by atoms with Gasteiger partial charge in [-0.25, -0.2) is 0 Å². The number of nitrogens with zero attached hydrogens (tertiary/aromatic N) is 2. The molecule has 0 saturated heterocycles. The smallest absolute Gasteiger partial charge is 0.317 e. The average Bonchev–Trinajstić information content (AvgIpc) is 2.66. The fourth-order valence-corrected chi connectivity index (χ4v) is 3.10. The van der Waals surface area contributed by atoms with Crippen LogP contribution < -0.4 is 16.4 Å². The Labute approximate surface area is 150 Å². The van der Waals surface area contributed by atoms with Crippen molar-refractivity contribution >= 4 is 16.9 Å². The van der Waals surface area contributed by atoms with E-state index in [1.807, 2.05) is 44.2 Å². The number of nitrogens with one attached hydrogen (secondary N) is 1. The summed E-state index contributed by atoms with van der Waals surface area (Å²) in [7, 11) is 0. The molecule has 1 atom stereocenters. The predicted octanol–water partition coefficient (Wildman–Crippen LogP) is 2.06. The monoisotopic (exact) mass is 351 g/mol. The first-order valence-corrected chi connectivity index (χ1v) is 8.59. The number of fused-ring (bicyclic) bond motifs is 1. The number of carbonyl (C=O) groups excluding carboxylic acids is 1. The third kappa shape index (κ3) is 3.31. The van der Waals surface area contributed by atoms with Gasteiger partial charge in [0.15, 0.2) is 0 Å². The van der Waals surface area contributed by atoms with Gasteiger partial charge >= 0.3 is 11.1 Å². The second-order valence-electron chi connectivity index (χ2n) is 6.13. The van der Waals surface area contributed by atoms with E-state index in [1.165, 1.54) is 9.13 Å². The minimum Gasteiger partial charge on any atom is -0.348 e. The van der Waals surface area contributed by atoms with Gasteiger partial charge in [0.05, 0.1) is 17.1 Å². The summed E-state index contributed by atoms with van der Waals surface area (Å²) in [5.74, 6) is -0.317. The summed E-state index contributed by atoms with van der Waals surface area (Å²) < 4.78 is 2.68. The van der Waals surface area contributed by atoms with Crippen LogP contribution in [0, 0.1) is 0 Å². The third-order valence-corrected chi connectivity index (χ3v) is 4.43. The Morgan fingerprint density at radius 2 is 1.46 bits per heavy atom. The molecular weight excluding hydrogens is 330 g/mol. The summed E-state index contributed by atoms with van der Waals surface area (Å²) in [6.07, 6.45) is 0. The fraction of sp³-hybridized carbons (Fsp3) is 0.250. The Bertz CT molecular complexity index is 1050. The lowest BCUT2D eigenvalue weighted by Crippen LogP contribution is -2.44. The summed E-state index contributed by atoms with van der Waals surface area (Å²) >= 11 is 0. The lowest BCUT2D eigenvalue weighted by atomic mass is 10.1. The Kier molecular flexibility index (Phi) is 5.02. The van der Waals surface area contributed by atoms with Crippen LogP contribution in [-0.4, -0.2) is 15.0 Å². The molecule has 6 heteroatoms. The lowest BCUT2D eigenvalue weighted by Gasteiger charge is -2.17. The van der Waals surface area contributed by atoms with E-state index in [9.17, 15) is 14.4 Å². The maximum atomic E-state index is 12.5. The molecule has 3 rings (SSSR count). The maximum Gasteiger partial charge on any atom is 0.317 e. The summed E-state index contributed by atoms with van der Waals surface area (Å²) in [5, 5.41) is 2.88. The molecule has 0 saturated carbocycles. The van der Waals surface area contributed by atoms with Crippen LogP contribution in [0.4, 0.5) is 0 Å².